The number of aryl methyl sites for hydroxylation is 1. The first-order valence-electron chi connectivity index (χ1n) is 5.57. The summed E-state index contributed by atoms with van der Waals surface area (Å²) in [7, 11) is -4.30. The van der Waals surface area contributed by atoms with Crippen molar-refractivity contribution in [1.29, 1.82) is 0 Å². The predicted octanol–water partition coefficient (Wildman–Crippen LogP) is 1.95. The zero-order valence-corrected chi connectivity index (χ0v) is 12.0. The first-order chi connectivity index (χ1) is 9.31. The number of nitrogens with zero attached hydrogens (tertiary/aromatic N) is 2. The van der Waals surface area contributed by atoms with Crippen LogP contribution in [0.4, 0.5) is 0 Å². The van der Waals surface area contributed by atoms with Gasteiger partial charge in [0.05, 0.1) is 17.1 Å². The van der Waals surface area contributed by atoms with Crippen LogP contribution in [0.15, 0.2) is 29.2 Å². The second-order valence-electron chi connectivity index (χ2n) is 4.21. The van der Waals surface area contributed by atoms with Crippen molar-refractivity contribution in [1.82, 2.24) is 9.78 Å². The van der Waals surface area contributed by atoms with Crippen LogP contribution in [0.2, 0.25) is 5.02 Å². The molecular formula is C12H11ClN2O4S. The molecule has 0 fully saturated rings. The van der Waals surface area contributed by atoms with Gasteiger partial charge in [-0.3, -0.25) is 14.0 Å². The number of carbonyl (C=O) groups is 1. The lowest BCUT2D eigenvalue weighted by Gasteiger charge is -2.08. The third-order valence-electron chi connectivity index (χ3n) is 2.69. The molecule has 2 aromatic rings. The molecule has 1 aromatic heterocycles. The molecule has 0 amide bonds. The molecule has 0 aliphatic heterocycles. The predicted molar refractivity (Wildman–Crippen MR) is 72.7 cm³/mol. The van der Waals surface area contributed by atoms with Gasteiger partial charge in [-0.15, -0.1) is 0 Å². The first kappa shape index (κ1) is 14.7. The van der Waals surface area contributed by atoms with E-state index in [1.54, 1.807) is 13.0 Å². The van der Waals surface area contributed by atoms with Crippen molar-refractivity contribution in [3.05, 3.63) is 46.2 Å². The number of hydrogen-bond acceptors (Lipinski definition) is 4. The van der Waals surface area contributed by atoms with E-state index in [-0.39, 0.29) is 11.4 Å². The quantitative estimate of drug-likeness (QED) is 0.688. The molecule has 0 aliphatic carbocycles. The molecule has 0 unspecified atom stereocenters. The Hall–Kier alpha value is -1.70. The van der Waals surface area contributed by atoms with Crippen molar-refractivity contribution in [2.24, 2.45) is 0 Å². The van der Waals surface area contributed by atoms with Gasteiger partial charge < -0.3 is 0 Å². The fourth-order valence-electron chi connectivity index (χ4n) is 1.78. The number of hydrogen-bond donors (Lipinski definition) is 1. The Balaban J connectivity index is 2.45. The summed E-state index contributed by atoms with van der Waals surface area (Å²) in [5.41, 5.74) is 1.46. The SMILES string of the molecule is Cc1cc(C=O)n(Cc2cc(S(=O)(=O)O)ccc2Cl)n1. The largest absolute Gasteiger partial charge is 0.296 e. The lowest BCUT2D eigenvalue weighted by atomic mass is 10.2. The minimum Gasteiger partial charge on any atom is -0.296 e. The maximum absolute atomic E-state index is 11.1. The van der Waals surface area contributed by atoms with Crippen LogP contribution in [-0.4, -0.2) is 29.0 Å². The minimum absolute atomic E-state index is 0.129. The summed E-state index contributed by atoms with van der Waals surface area (Å²) < 4.78 is 32.7. The molecule has 0 radical (unpaired) electrons. The molecule has 0 saturated heterocycles. The van der Waals surface area contributed by atoms with Crippen LogP contribution in [0.5, 0.6) is 0 Å². The third kappa shape index (κ3) is 3.06. The van der Waals surface area contributed by atoms with E-state index in [0.717, 1.165) is 0 Å². The van der Waals surface area contributed by atoms with Crippen molar-refractivity contribution in [2.45, 2.75) is 18.4 Å². The lowest BCUT2D eigenvalue weighted by Crippen LogP contribution is -2.07. The third-order valence-corrected chi connectivity index (χ3v) is 3.91. The standard InChI is InChI=1S/C12H11ClN2O4S/c1-8-4-10(7-16)15(14-8)6-9-5-11(20(17,18)19)2-3-12(9)13/h2-5,7H,6H2,1H3,(H,17,18,19). The van der Waals surface area contributed by atoms with E-state index >= 15 is 0 Å². The summed E-state index contributed by atoms with van der Waals surface area (Å²) in [6, 6.07) is 5.43. The van der Waals surface area contributed by atoms with E-state index in [4.69, 9.17) is 16.2 Å². The van der Waals surface area contributed by atoms with Crippen molar-refractivity contribution < 1.29 is 17.8 Å². The summed E-state index contributed by atoms with van der Waals surface area (Å²) >= 11 is 5.99. The maximum atomic E-state index is 11.1. The first-order valence-corrected chi connectivity index (χ1v) is 7.38. The number of aromatic nitrogens is 2. The molecule has 20 heavy (non-hydrogen) atoms. The highest BCUT2D eigenvalue weighted by atomic mass is 35.5. The van der Waals surface area contributed by atoms with E-state index < -0.39 is 10.1 Å². The van der Waals surface area contributed by atoms with Gasteiger partial charge in [0.15, 0.2) is 6.29 Å². The average molecular weight is 315 g/mol. The van der Waals surface area contributed by atoms with Crippen LogP contribution in [0, 0.1) is 6.92 Å². The Morgan fingerprint density at radius 1 is 1.40 bits per heavy atom. The highest BCUT2D eigenvalue weighted by Gasteiger charge is 2.14. The normalized spacial score (nSPS) is 11.6. The summed E-state index contributed by atoms with van der Waals surface area (Å²) in [6.07, 6.45) is 0.653. The second kappa shape index (κ2) is 5.35. The monoisotopic (exact) mass is 314 g/mol. The van der Waals surface area contributed by atoms with Gasteiger partial charge in [-0.25, -0.2) is 0 Å². The smallest absolute Gasteiger partial charge is 0.294 e. The van der Waals surface area contributed by atoms with E-state index in [1.165, 1.54) is 22.9 Å². The average Bonchev–Trinajstić information content (AvgIpc) is 2.71. The van der Waals surface area contributed by atoms with E-state index in [0.29, 0.717) is 28.3 Å². The number of benzene rings is 1. The summed E-state index contributed by atoms with van der Waals surface area (Å²) in [4.78, 5) is 10.7. The summed E-state index contributed by atoms with van der Waals surface area (Å²) in [5.74, 6) is 0. The van der Waals surface area contributed by atoms with Gasteiger partial charge in [0.25, 0.3) is 10.1 Å². The highest BCUT2D eigenvalue weighted by Crippen LogP contribution is 2.21. The molecule has 0 bridgehead atoms. The van der Waals surface area contributed by atoms with Gasteiger partial charge >= 0.3 is 0 Å². The molecule has 0 spiro atoms. The van der Waals surface area contributed by atoms with Gasteiger partial charge in [-0.05, 0) is 36.8 Å². The Bertz CT molecular complexity index is 768. The van der Waals surface area contributed by atoms with Crippen molar-refractivity contribution in [3.8, 4) is 0 Å². The summed E-state index contributed by atoms with van der Waals surface area (Å²) in [6.45, 7) is 1.86. The topological polar surface area (TPSA) is 89.3 Å². The second-order valence-corrected chi connectivity index (χ2v) is 6.04. The fourth-order valence-corrected chi connectivity index (χ4v) is 2.49. The lowest BCUT2D eigenvalue weighted by molar-refractivity contribution is 0.111. The van der Waals surface area contributed by atoms with Crippen LogP contribution in [0.25, 0.3) is 0 Å². The Labute approximate surface area is 120 Å². The Morgan fingerprint density at radius 3 is 2.70 bits per heavy atom. The highest BCUT2D eigenvalue weighted by molar-refractivity contribution is 7.85. The van der Waals surface area contributed by atoms with Gasteiger partial charge in [-0.1, -0.05) is 11.6 Å². The van der Waals surface area contributed by atoms with Crippen molar-refractivity contribution in [3.63, 3.8) is 0 Å². The van der Waals surface area contributed by atoms with Gasteiger partial charge in [0.2, 0.25) is 0 Å². The van der Waals surface area contributed by atoms with Gasteiger partial charge in [0, 0.05) is 5.02 Å². The van der Waals surface area contributed by atoms with E-state index in [1.807, 2.05) is 0 Å². The molecule has 8 heteroatoms. The number of rotatable bonds is 4. The van der Waals surface area contributed by atoms with Crippen LogP contribution < -0.4 is 0 Å². The zero-order chi connectivity index (χ0) is 14.9. The van der Waals surface area contributed by atoms with Crippen molar-refractivity contribution in [2.75, 3.05) is 0 Å². The fraction of sp³-hybridized carbons (Fsp3) is 0.167. The minimum atomic E-state index is -4.30. The molecule has 1 N–H and O–H groups in total. The van der Waals surface area contributed by atoms with Crippen LogP contribution in [0.1, 0.15) is 21.7 Å². The van der Waals surface area contributed by atoms with E-state index in [2.05, 4.69) is 5.10 Å². The van der Waals surface area contributed by atoms with Gasteiger partial charge in [-0.2, -0.15) is 13.5 Å². The Kier molecular flexibility index (Phi) is 3.94. The van der Waals surface area contributed by atoms with Crippen LogP contribution in [0.3, 0.4) is 0 Å². The number of aldehydes is 1. The molecule has 0 aliphatic rings. The van der Waals surface area contributed by atoms with E-state index in [9.17, 15) is 13.2 Å². The maximum Gasteiger partial charge on any atom is 0.294 e. The Morgan fingerprint density at radius 2 is 2.10 bits per heavy atom. The van der Waals surface area contributed by atoms with Crippen LogP contribution in [-0.2, 0) is 16.7 Å². The summed E-state index contributed by atoms with van der Waals surface area (Å²) in [5, 5.41) is 4.45. The van der Waals surface area contributed by atoms with Crippen LogP contribution >= 0.6 is 11.6 Å². The molecular weight excluding hydrogens is 304 g/mol. The molecule has 1 aromatic carbocycles. The molecule has 0 atom stereocenters. The zero-order valence-electron chi connectivity index (χ0n) is 10.4. The molecule has 106 valence electrons. The molecule has 6 nitrogen and oxygen atoms in total. The number of carbonyl (C=O) groups excluding carboxylic acids is 1. The molecule has 0 saturated carbocycles. The number of halogens is 1. The molecule has 2 rings (SSSR count). The molecule has 1 heterocycles. The van der Waals surface area contributed by atoms with Crippen molar-refractivity contribution >= 4 is 28.0 Å². The van der Waals surface area contributed by atoms with Gasteiger partial charge in [0.1, 0.15) is 5.69 Å².